The molecule has 21 heavy (non-hydrogen) atoms. The predicted octanol–water partition coefficient (Wildman–Crippen LogP) is 1.98. The maximum Gasteiger partial charge on any atom is 0.194 e. The van der Waals surface area contributed by atoms with Gasteiger partial charge in [0, 0.05) is 49.1 Å². The molecule has 1 N–H and O–H groups in total. The van der Waals surface area contributed by atoms with E-state index in [1.165, 1.54) is 0 Å². The molecule has 118 valence electrons. The van der Waals surface area contributed by atoms with Gasteiger partial charge in [-0.3, -0.25) is 4.99 Å². The van der Waals surface area contributed by atoms with Gasteiger partial charge in [0.25, 0.3) is 0 Å². The van der Waals surface area contributed by atoms with Gasteiger partial charge < -0.3 is 14.8 Å². The molecule has 0 amide bonds. The quantitative estimate of drug-likeness (QED) is 0.682. The Labute approximate surface area is 132 Å². The van der Waals surface area contributed by atoms with Crippen LogP contribution in [0.2, 0.25) is 0 Å². The first-order chi connectivity index (χ1) is 10.0. The van der Waals surface area contributed by atoms with Crippen LogP contribution in [0.3, 0.4) is 0 Å². The number of thioether (sulfide) groups is 1. The van der Waals surface area contributed by atoms with Crippen molar-refractivity contribution < 1.29 is 0 Å². The molecular formula is C15H27N5S. The first-order valence-electron chi connectivity index (χ1n) is 7.67. The second-order valence-corrected chi connectivity index (χ2v) is 7.74. The molecule has 1 aromatic rings. The molecule has 2 heterocycles. The van der Waals surface area contributed by atoms with E-state index < -0.39 is 0 Å². The fourth-order valence-corrected chi connectivity index (χ4v) is 3.64. The summed E-state index contributed by atoms with van der Waals surface area (Å²) in [4.78, 5) is 11.4. The SMILES string of the molecule is CCNC(=NCCn1ccnc1C)N1CCSC(C)(C)C1. The number of hydrogen-bond acceptors (Lipinski definition) is 3. The van der Waals surface area contributed by atoms with Crippen LogP contribution in [0.5, 0.6) is 0 Å². The van der Waals surface area contributed by atoms with E-state index in [2.05, 4.69) is 40.5 Å². The molecule has 0 spiro atoms. The van der Waals surface area contributed by atoms with E-state index in [0.717, 1.165) is 50.3 Å². The van der Waals surface area contributed by atoms with Crippen LogP contribution in [-0.2, 0) is 6.54 Å². The monoisotopic (exact) mass is 309 g/mol. The summed E-state index contributed by atoms with van der Waals surface area (Å²) in [5.41, 5.74) is 0. The van der Waals surface area contributed by atoms with Crippen LogP contribution >= 0.6 is 11.8 Å². The molecule has 0 bridgehead atoms. The fraction of sp³-hybridized carbons (Fsp3) is 0.733. The summed E-state index contributed by atoms with van der Waals surface area (Å²) in [6, 6.07) is 0. The highest BCUT2D eigenvalue weighted by atomic mass is 32.2. The Morgan fingerprint density at radius 2 is 2.33 bits per heavy atom. The van der Waals surface area contributed by atoms with Crippen LogP contribution < -0.4 is 5.32 Å². The Morgan fingerprint density at radius 3 is 2.95 bits per heavy atom. The van der Waals surface area contributed by atoms with Crippen molar-refractivity contribution in [1.29, 1.82) is 0 Å². The van der Waals surface area contributed by atoms with Gasteiger partial charge in [-0.05, 0) is 27.7 Å². The van der Waals surface area contributed by atoms with Crippen molar-refractivity contribution in [3.63, 3.8) is 0 Å². The van der Waals surface area contributed by atoms with E-state index in [1.54, 1.807) is 0 Å². The number of guanidine groups is 1. The minimum atomic E-state index is 0.301. The second kappa shape index (κ2) is 7.20. The highest BCUT2D eigenvalue weighted by Crippen LogP contribution is 2.29. The minimum absolute atomic E-state index is 0.301. The van der Waals surface area contributed by atoms with E-state index in [-0.39, 0.29) is 0 Å². The summed E-state index contributed by atoms with van der Waals surface area (Å²) in [5, 5.41) is 3.43. The first-order valence-corrected chi connectivity index (χ1v) is 8.65. The summed E-state index contributed by atoms with van der Waals surface area (Å²) in [5.74, 6) is 3.26. The van der Waals surface area contributed by atoms with Crippen LogP contribution in [0.15, 0.2) is 17.4 Å². The molecule has 1 aliphatic rings. The smallest absolute Gasteiger partial charge is 0.194 e. The van der Waals surface area contributed by atoms with Gasteiger partial charge in [0.15, 0.2) is 5.96 Å². The van der Waals surface area contributed by atoms with E-state index >= 15 is 0 Å². The van der Waals surface area contributed by atoms with Crippen molar-refractivity contribution in [2.24, 2.45) is 4.99 Å². The van der Waals surface area contributed by atoms with Crippen LogP contribution in [0.1, 0.15) is 26.6 Å². The normalized spacial score (nSPS) is 18.9. The molecule has 1 aliphatic heterocycles. The average Bonchev–Trinajstić information content (AvgIpc) is 2.82. The van der Waals surface area contributed by atoms with Crippen LogP contribution in [0, 0.1) is 6.92 Å². The topological polar surface area (TPSA) is 45.5 Å². The molecule has 1 fully saturated rings. The highest BCUT2D eigenvalue weighted by molar-refractivity contribution is 8.00. The molecule has 0 saturated carbocycles. The number of nitrogens with zero attached hydrogens (tertiary/aromatic N) is 4. The minimum Gasteiger partial charge on any atom is -0.357 e. The highest BCUT2D eigenvalue weighted by Gasteiger charge is 2.28. The van der Waals surface area contributed by atoms with Crippen molar-refractivity contribution in [2.45, 2.75) is 39.0 Å². The lowest BCUT2D eigenvalue weighted by molar-refractivity contribution is 0.375. The molecule has 0 radical (unpaired) electrons. The molecule has 1 aromatic heterocycles. The molecule has 5 nitrogen and oxygen atoms in total. The Balaban J connectivity index is 1.97. The number of hydrogen-bond donors (Lipinski definition) is 1. The zero-order chi connectivity index (χ0) is 15.3. The third-order valence-electron chi connectivity index (χ3n) is 3.59. The van der Waals surface area contributed by atoms with Crippen molar-refractivity contribution in [3.8, 4) is 0 Å². The molecule has 1 saturated heterocycles. The molecule has 0 atom stereocenters. The van der Waals surface area contributed by atoms with Crippen LogP contribution in [-0.4, -0.2) is 57.1 Å². The molecule has 0 aromatic carbocycles. The van der Waals surface area contributed by atoms with E-state index in [4.69, 9.17) is 4.99 Å². The maximum atomic E-state index is 4.79. The third kappa shape index (κ3) is 4.66. The number of aryl methyl sites for hydroxylation is 1. The Hall–Kier alpha value is -1.17. The van der Waals surface area contributed by atoms with Gasteiger partial charge >= 0.3 is 0 Å². The standard InChI is InChI=1S/C15H27N5S/c1-5-16-14(20-10-11-21-15(3,4)12-20)18-7-9-19-8-6-17-13(19)2/h6,8H,5,7,9-12H2,1-4H3,(H,16,18). The average molecular weight is 309 g/mol. The second-order valence-electron chi connectivity index (χ2n) is 5.93. The Morgan fingerprint density at radius 1 is 1.52 bits per heavy atom. The zero-order valence-corrected chi connectivity index (χ0v) is 14.4. The van der Waals surface area contributed by atoms with Crippen LogP contribution in [0.4, 0.5) is 0 Å². The lowest BCUT2D eigenvalue weighted by Gasteiger charge is -2.39. The van der Waals surface area contributed by atoms with Gasteiger partial charge in [0.2, 0.25) is 0 Å². The Kier molecular flexibility index (Phi) is 5.56. The zero-order valence-electron chi connectivity index (χ0n) is 13.6. The van der Waals surface area contributed by atoms with Crippen molar-refractivity contribution >= 4 is 17.7 Å². The van der Waals surface area contributed by atoms with Gasteiger partial charge in [-0.1, -0.05) is 0 Å². The third-order valence-corrected chi connectivity index (χ3v) is 4.88. The van der Waals surface area contributed by atoms with Gasteiger partial charge in [0.05, 0.1) is 6.54 Å². The number of aromatic nitrogens is 2. The largest absolute Gasteiger partial charge is 0.357 e. The van der Waals surface area contributed by atoms with Crippen molar-refractivity contribution in [2.75, 3.05) is 31.9 Å². The first kappa shape index (κ1) is 16.2. The summed E-state index contributed by atoms with van der Waals surface area (Å²) in [6.45, 7) is 13.5. The summed E-state index contributed by atoms with van der Waals surface area (Å²) in [7, 11) is 0. The molecule has 2 rings (SSSR count). The lowest BCUT2D eigenvalue weighted by atomic mass is 10.2. The van der Waals surface area contributed by atoms with Crippen LogP contribution in [0.25, 0.3) is 0 Å². The summed E-state index contributed by atoms with van der Waals surface area (Å²) >= 11 is 2.05. The van der Waals surface area contributed by atoms with Gasteiger partial charge in [0.1, 0.15) is 5.82 Å². The Bertz CT molecular complexity index is 480. The maximum absolute atomic E-state index is 4.79. The fourth-order valence-electron chi connectivity index (χ4n) is 2.53. The van der Waals surface area contributed by atoms with Gasteiger partial charge in [-0.25, -0.2) is 4.98 Å². The van der Waals surface area contributed by atoms with E-state index in [1.807, 2.05) is 31.1 Å². The molecular weight excluding hydrogens is 282 g/mol. The van der Waals surface area contributed by atoms with Gasteiger partial charge in [-0.15, -0.1) is 0 Å². The van der Waals surface area contributed by atoms with Crippen molar-refractivity contribution in [1.82, 2.24) is 19.8 Å². The molecule has 6 heteroatoms. The molecule has 0 unspecified atom stereocenters. The van der Waals surface area contributed by atoms with E-state index in [9.17, 15) is 0 Å². The molecule has 0 aliphatic carbocycles. The van der Waals surface area contributed by atoms with Crippen molar-refractivity contribution in [3.05, 3.63) is 18.2 Å². The number of nitrogens with one attached hydrogen (secondary N) is 1. The number of rotatable bonds is 4. The summed E-state index contributed by atoms with van der Waals surface area (Å²) in [6.07, 6.45) is 3.85. The number of aliphatic imine (C=N–C) groups is 1. The lowest BCUT2D eigenvalue weighted by Crippen LogP contribution is -2.51. The van der Waals surface area contributed by atoms with Gasteiger partial charge in [-0.2, -0.15) is 11.8 Å². The summed E-state index contributed by atoms with van der Waals surface area (Å²) < 4.78 is 2.44. The predicted molar refractivity (Wildman–Crippen MR) is 91.1 cm³/mol. The van der Waals surface area contributed by atoms with E-state index in [0.29, 0.717) is 4.75 Å². The number of imidazole rings is 1.